The van der Waals surface area contributed by atoms with Gasteiger partial charge in [0.15, 0.2) is 0 Å². The molecule has 0 atom stereocenters. The van der Waals surface area contributed by atoms with Crippen LogP contribution in [-0.4, -0.2) is 11.8 Å². The molecule has 0 unspecified atom stereocenters. The maximum atomic E-state index is 12.8. The number of rotatable bonds is 5. The van der Waals surface area contributed by atoms with Crippen LogP contribution in [0.1, 0.15) is 15.9 Å². The molecular formula is C22H19N3O2. The van der Waals surface area contributed by atoms with Crippen LogP contribution in [0.25, 0.3) is 6.08 Å². The van der Waals surface area contributed by atoms with E-state index in [1.807, 2.05) is 36.4 Å². The van der Waals surface area contributed by atoms with Crippen LogP contribution in [0.2, 0.25) is 0 Å². The summed E-state index contributed by atoms with van der Waals surface area (Å²) in [6, 6.07) is 24.9. The number of amides is 2. The topological polar surface area (TPSA) is 84.2 Å². The zero-order valence-corrected chi connectivity index (χ0v) is 14.6. The minimum absolute atomic E-state index is 0.123. The molecular weight excluding hydrogens is 338 g/mol. The van der Waals surface area contributed by atoms with Gasteiger partial charge in [0.25, 0.3) is 11.8 Å². The van der Waals surface area contributed by atoms with Crippen LogP contribution >= 0.6 is 0 Å². The summed E-state index contributed by atoms with van der Waals surface area (Å²) in [5.41, 5.74) is 8.19. The maximum Gasteiger partial charge on any atom is 0.272 e. The molecule has 5 heteroatoms. The first-order valence-corrected chi connectivity index (χ1v) is 8.42. The van der Waals surface area contributed by atoms with E-state index >= 15 is 0 Å². The van der Waals surface area contributed by atoms with Gasteiger partial charge in [-0.2, -0.15) is 0 Å². The number of nitrogens with two attached hydrogens (primary N) is 1. The normalized spacial score (nSPS) is 10.9. The molecule has 3 aromatic rings. The van der Waals surface area contributed by atoms with Crippen LogP contribution in [0, 0.1) is 0 Å². The average Bonchev–Trinajstić information content (AvgIpc) is 2.70. The summed E-state index contributed by atoms with van der Waals surface area (Å²) in [5, 5.41) is 5.43. The number of para-hydroxylation sites is 2. The highest BCUT2D eigenvalue weighted by molar-refractivity contribution is 6.11. The monoisotopic (exact) mass is 357 g/mol. The van der Waals surface area contributed by atoms with Crippen LogP contribution in [-0.2, 0) is 4.79 Å². The SMILES string of the molecule is Nc1ccccc1NC(=O)/C(=C/c1ccccc1)NC(=O)c1ccccc1. The highest BCUT2D eigenvalue weighted by atomic mass is 16.2. The molecule has 0 spiro atoms. The summed E-state index contributed by atoms with van der Waals surface area (Å²) >= 11 is 0. The van der Waals surface area contributed by atoms with Gasteiger partial charge in [-0.3, -0.25) is 9.59 Å². The Balaban J connectivity index is 1.88. The Morgan fingerprint density at radius 2 is 1.37 bits per heavy atom. The van der Waals surface area contributed by atoms with Gasteiger partial charge in [0.1, 0.15) is 5.70 Å². The number of anilines is 2. The predicted octanol–water partition coefficient (Wildman–Crippen LogP) is 3.68. The van der Waals surface area contributed by atoms with Crippen molar-refractivity contribution in [2.24, 2.45) is 0 Å². The lowest BCUT2D eigenvalue weighted by Crippen LogP contribution is -2.30. The highest BCUT2D eigenvalue weighted by Crippen LogP contribution is 2.18. The minimum Gasteiger partial charge on any atom is -0.397 e. The van der Waals surface area contributed by atoms with E-state index in [0.29, 0.717) is 16.9 Å². The molecule has 0 saturated carbocycles. The van der Waals surface area contributed by atoms with Crippen molar-refractivity contribution in [3.05, 3.63) is 102 Å². The Morgan fingerprint density at radius 1 is 0.778 bits per heavy atom. The van der Waals surface area contributed by atoms with Crippen molar-refractivity contribution < 1.29 is 9.59 Å². The highest BCUT2D eigenvalue weighted by Gasteiger charge is 2.15. The molecule has 4 N–H and O–H groups in total. The number of benzene rings is 3. The van der Waals surface area contributed by atoms with Crippen LogP contribution < -0.4 is 16.4 Å². The predicted molar refractivity (Wildman–Crippen MR) is 108 cm³/mol. The maximum absolute atomic E-state index is 12.8. The van der Waals surface area contributed by atoms with Gasteiger partial charge in [0.2, 0.25) is 0 Å². The van der Waals surface area contributed by atoms with Crippen LogP contribution in [0.3, 0.4) is 0 Å². The Kier molecular flexibility index (Phi) is 5.64. The van der Waals surface area contributed by atoms with Gasteiger partial charge in [-0.15, -0.1) is 0 Å². The van der Waals surface area contributed by atoms with E-state index in [4.69, 9.17) is 5.73 Å². The summed E-state index contributed by atoms with van der Waals surface area (Å²) in [6.07, 6.45) is 1.62. The number of nitrogens with one attached hydrogen (secondary N) is 2. The fraction of sp³-hybridized carbons (Fsp3) is 0. The fourth-order valence-corrected chi connectivity index (χ4v) is 2.46. The molecule has 0 aromatic heterocycles. The summed E-state index contributed by atoms with van der Waals surface area (Å²) in [7, 11) is 0. The zero-order valence-electron chi connectivity index (χ0n) is 14.6. The molecule has 0 aliphatic heterocycles. The van der Waals surface area contributed by atoms with Gasteiger partial charge in [0, 0.05) is 5.56 Å². The van der Waals surface area contributed by atoms with E-state index in [1.54, 1.807) is 54.6 Å². The van der Waals surface area contributed by atoms with E-state index in [9.17, 15) is 9.59 Å². The van der Waals surface area contributed by atoms with Crippen molar-refractivity contribution in [2.45, 2.75) is 0 Å². The van der Waals surface area contributed by atoms with Crippen LogP contribution in [0.4, 0.5) is 11.4 Å². The molecule has 27 heavy (non-hydrogen) atoms. The first kappa shape index (κ1) is 17.9. The van der Waals surface area contributed by atoms with Gasteiger partial charge >= 0.3 is 0 Å². The molecule has 0 aliphatic rings. The third kappa shape index (κ3) is 4.83. The van der Waals surface area contributed by atoms with Gasteiger partial charge in [-0.25, -0.2) is 0 Å². The Morgan fingerprint density at radius 3 is 2.04 bits per heavy atom. The minimum atomic E-state index is -0.457. The molecule has 3 rings (SSSR count). The third-order valence-electron chi connectivity index (χ3n) is 3.85. The second kappa shape index (κ2) is 8.49. The Labute approximate surface area is 157 Å². The second-order valence-electron chi connectivity index (χ2n) is 5.83. The average molecular weight is 357 g/mol. The summed E-state index contributed by atoms with van der Waals surface area (Å²) < 4.78 is 0. The molecule has 3 aromatic carbocycles. The van der Waals surface area contributed by atoms with E-state index in [0.717, 1.165) is 5.56 Å². The molecule has 0 aliphatic carbocycles. The van der Waals surface area contributed by atoms with E-state index in [2.05, 4.69) is 10.6 Å². The zero-order chi connectivity index (χ0) is 19.1. The first-order chi connectivity index (χ1) is 13.1. The van der Waals surface area contributed by atoms with Crippen LogP contribution in [0.15, 0.2) is 90.6 Å². The van der Waals surface area contributed by atoms with Gasteiger partial charge in [-0.1, -0.05) is 60.7 Å². The Hall–Kier alpha value is -3.86. The van der Waals surface area contributed by atoms with Crippen molar-refractivity contribution >= 4 is 29.3 Å². The summed E-state index contributed by atoms with van der Waals surface area (Å²) in [5.74, 6) is -0.824. The van der Waals surface area contributed by atoms with Crippen molar-refractivity contribution in [2.75, 3.05) is 11.1 Å². The fourth-order valence-electron chi connectivity index (χ4n) is 2.46. The van der Waals surface area contributed by atoms with Gasteiger partial charge in [0.05, 0.1) is 11.4 Å². The van der Waals surface area contributed by atoms with Crippen molar-refractivity contribution in [1.82, 2.24) is 5.32 Å². The number of carbonyl (C=O) groups excluding carboxylic acids is 2. The largest absolute Gasteiger partial charge is 0.397 e. The van der Waals surface area contributed by atoms with Crippen molar-refractivity contribution in [1.29, 1.82) is 0 Å². The van der Waals surface area contributed by atoms with Crippen molar-refractivity contribution in [3.63, 3.8) is 0 Å². The standard InChI is InChI=1S/C22H19N3O2/c23-18-13-7-8-14-19(18)24-22(27)20(15-16-9-3-1-4-10-16)25-21(26)17-11-5-2-6-12-17/h1-15H,23H2,(H,24,27)(H,25,26)/b20-15-. The lowest BCUT2D eigenvalue weighted by Gasteiger charge is -2.12. The van der Waals surface area contributed by atoms with Gasteiger partial charge in [-0.05, 0) is 35.9 Å². The molecule has 0 heterocycles. The number of hydrogen-bond acceptors (Lipinski definition) is 3. The summed E-state index contributed by atoms with van der Waals surface area (Å²) in [6.45, 7) is 0. The molecule has 0 bridgehead atoms. The molecule has 0 fully saturated rings. The van der Waals surface area contributed by atoms with E-state index in [1.165, 1.54) is 0 Å². The molecule has 5 nitrogen and oxygen atoms in total. The van der Waals surface area contributed by atoms with E-state index in [-0.39, 0.29) is 11.6 Å². The molecule has 0 saturated heterocycles. The smallest absolute Gasteiger partial charge is 0.272 e. The van der Waals surface area contributed by atoms with Crippen LogP contribution in [0.5, 0.6) is 0 Å². The lowest BCUT2D eigenvalue weighted by molar-refractivity contribution is -0.113. The quantitative estimate of drug-likeness (QED) is 0.481. The van der Waals surface area contributed by atoms with E-state index < -0.39 is 5.91 Å². The number of carbonyl (C=O) groups is 2. The summed E-state index contributed by atoms with van der Waals surface area (Å²) in [4.78, 5) is 25.3. The Bertz CT molecular complexity index is 967. The molecule has 0 radical (unpaired) electrons. The lowest BCUT2D eigenvalue weighted by atomic mass is 10.1. The molecule has 2 amide bonds. The number of hydrogen-bond donors (Lipinski definition) is 3. The third-order valence-corrected chi connectivity index (χ3v) is 3.85. The number of nitrogen functional groups attached to an aromatic ring is 1. The second-order valence-corrected chi connectivity index (χ2v) is 5.83. The first-order valence-electron chi connectivity index (χ1n) is 8.42. The van der Waals surface area contributed by atoms with Gasteiger partial charge < -0.3 is 16.4 Å². The molecule has 134 valence electrons. The van der Waals surface area contributed by atoms with Crippen molar-refractivity contribution in [3.8, 4) is 0 Å².